The number of rotatable bonds is 40. The van der Waals surface area contributed by atoms with Gasteiger partial charge < -0.3 is 34.4 Å². The molecule has 5 N–H and O–H groups in total. The number of carbonyl (C=O) groups excluding carboxylic acids is 2. The fraction of sp³-hybridized carbons (Fsp3) is 0.609. The molecule has 0 aromatic rings. The second-order valence-corrected chi connectivity index (χ2v) is 17.2. The molecule has 0 amide bonds. The normalized spacial score (nSPS) is 15.4. The molecule has 16 heteroatoms. The van der Waals surface area contributed by atoms with Crippen molar-refractivity contribution in [3.8, 4) is 0 Å². The van der Waals surface area contributed by atoms with Gasteiger partial charge in [0, 0.05) is 12.8 Å². The van der Waals surface area contributed by atoms with Crippen molar-refractivity contribution in [3.63, 3.8) is 0 Å². The van der Waals surface area contributed by atoms with Crippen LogP contribution in [0.5, 0.6) is 0 Å². The number of aliphatic hydroxyl groups excluding tert-OH is 2. The van der Waals surface area contributed by atoms with E-state index in [1.165, 1.54) is 38.5 Å². The highest BCUT2D eigenvalue weighted by Gasteiger charge is 2.28. The van der Waals surface area contributed by atoms with Gasteiger partial charge in [0.2, 0.25) is 0 Å². The van der Waals surface area contributed by atoms with Crippen LogP contribution in [0.2, 0.25) is 0 Å². The lowest BCUT2D eigenvalue weighted by Gasteiger charge is -2.20. The van der Waals surface area contributed by atoms with E-state index < -0.39 is 72.3 Å². The molecular weight excluding hydrogens is 838 g/mol. The summed E-state index contributed by atoms with van der Waals surface area (Å²) >= 11 is 0. The minimum Gasteiger partial charge on any atom is -0.462 e. The Morgan fingerprint density at radius 1 is 0.532 bits per heavy atom. The zero-order valence-corrected chi connectivity index (χ0v) is 38.8. The lowest BCUT2D eigenvalue weighted by molar-refractivity contribution is -0.161. The van der Waals surface area contributed by atoms with Crippen LogP contribution in [-0.4, -0.2) is 81.6 Å². The van der Waals surface area contributed by atoms with Crippen LogP contribution in [0.4, 0.5) is 0 Å². The SMILES string of the molecule is CCCCC/C=C\C/C=C\C/C=C\C/C=C\CCCC(=O)O[C@H](COC(=O)CCC/C=C\C/C=C\C=C\[C@H](O)C/C=C\CCCCC)COP(=O)(O)OC[C@@H](O)COP(=O)(O)O. The Bertz CT molecular complexity index is 1480. The molecule has 0 aromatic carbocycles. The van der Waals surface area contributed by atoms with Crippen molar-refractivity contribution >= 4 is 27.6 Å². The van der Waals surface area contributed by atoms with Crippen LogP contribution in [0.25, 0.3) is 0 Å². The van der Waals surface area contributed by atoms with Gasteiger partial charge in [-0.3, -0.25) is 23.2 Å². The van der Waals surface area contributed by atoms with Crippen molar-refractivity contribution in [2.24, 2.45) is 0 Å². The molecule has 0 aliphatic carbocycles. The molecule has 0 heterocycles. The number of ether oxygens (including phenoxy) is 2. The number of carbonyl (C=O) groups is 2. The topological polar surface area (TPSA) is 216 Å². The fourth-order valence-corrected chi connectivity index (χ4v) is 6.28. The highest BCUT2D eigenvalue weighted by Crippen LogP contribution is 2.43. The summed E-state index contributed by atoms with van der Waals surface area (Å²) in [6.45, 7) is 1.47. The highest BCUT2D eigenvalue weighted by molar-refractivity contribution is 7.47. The molecule has 14 nitrogen and oxygen atoms in total. The molecule has 0 radical (unpaired) electrons. The lowest BCUT2D eigenvalue weighted by Crippen LogP contribution is -2.29. The first-order valence-corrected chi connectivity index (χ1v) is 25.1. The van der Waals surface area contributed by atoms with E-state index in [4.69, 9.17) is 23.8 Å². The van der Waals surface area contributed by atoms with Crippen LogP contribution in [0, 0.1) is 0 Å². The largest absolute Gasteiger partial charge is 0.472 e. The molecule has 0 saturated carbocycles. The van der Waals surface area contributed by atoms with Gasteiger partial charge in [0.05, 0.1) is 25.9 Å². The minimum atomic E-state index is -4.89. The van der Waals surface area contributed by atoms with Crippen molar-refractivity contribution in [1.29, 1.82) is 0 Å². The van der Waals surface area contributed by atoms with Gasteiger partial charge in [-0.05, 0) is 83.5 Å². The van der Waals surface area contributed by atoms with Crippen molar-refractivity contribution in [2.75, 3.05) is 26.4 Å². The Kier molecular flexibility index (Phi) is 38.8. The third-order valence-electron chi connectivity index (χ3n) is 8.52. The molecule has 0 aliphatic rings. The molecule has 0 saturated heterocycles. The maximum Gasteiger partial charge on any atom is 0.472 e. The van der Waals surface area contributed by atoms with Gasteiger partial charge in [0.1, 0.15) is 12.7 Å². The van der Waals surface area contributed by atoms with Crippen molar-refractivity contribution in [1.82, 2.24) is 0 Å². The Morgan fingerprint density at radius 2 is 1.00 bits per heavy atom. The molecule has 354 valence electrons. The third-order valence-corrected chi connectivity index (χ3v) is 9.95. The predicted octanol–water partition coefficient (Wildman–Crippen LogP) is 10.3. The highest BCUT2D eigenvalue weighted by atomic mass is 31.2. The maximum absolute atomic E-state index is 12.6. The summed E-state index contributed by atoms with van der Waals surface area (Å²) < 4.78 is 47.6. The van der Waals surface area contributed by atoms with Crippen LogP contribution in [-0.2, 0) is 41.8 Å². The zero-order valence-electron chi connectivity index (χ0n) is 37.0. The first-order chi connectivity index (χ1) is 29.8. The van der Waals surface area contributed by atoms with E-state index >= 15 is 0 Å². The second-order valence-electron chi connectivity index (χ2n) is 14.5. The first kappa shape index (κ1) is 59.0. The lowest BCUT2D eigenvalue weighted by atomic mass is 10.1. The summed E-state index contributed by atoms with van der Waals surface area (Å²) in [5, 5.41) is 19.8. The number of phosphoric ester groups is 2. The number of allylic oxidation sites excluding steroid dienone is 14. The average Bonchev–Trinajstić information content (AvgIpc) is 3.23. The van der Waals surface area contributed by atoms with E-state index in [0.717, 1.165) is 32.1 Å². The van der Waals surface area contributed by atoms with Gasteiger partial charge in [-0.1, -0.05) is 137 Å². The van der Waals surface area contributed by atoms with Crippen LogP contribution in [0.3, 0.4) is 0 Å². The summed E-state index contributed by atoms with van der Waals surface area (Å²) in [6, 6.07) is 0. The van der Waals surface area contributed by atoms with Crippen molar-refractivity contribution < 1.29 is 66.7 Å². The maximum atomic E-state index is 12.6. The van der Waals surface area contributed by atoms with Gasteiger partial charge in [-0.15, -0.1) is 0 Å². The predicted molar refractivity (Wildman–Crippen MR) is 245 cm³/mol. The number of esters is 2. The number of hydrogen-bond acceptors (Lipinski definition) is 11. The summed E-state index contributed by atoms with van der Waals surface area (Å²) in [5.41, 5.74) is 0. The fourth-order valence-electron chi connectivity index (χ4n) is 5.12. The molecule has 0 spiro atoms. The third kappa shape index (κ3) is 43.6. The smallest absolute Gasteiger partial charge is 0.462 e. The number of unbranched alkanes of at least 4 members (excludes halogenated alkanes) is 8. The van der Waals surface area contributed by atoms with E-state index in [9.17, 15) is 33.8 Å². The van der Waals surface area contributed by atoms with Crippen molar-refractivity contribution in [2.45, 2.75) is 154 Å². The van der Waals surface area contributed by atoms with E-state index in [1.54, 1.807) is 6.08 Å². The summed E-state index contributed by atoms with van der Waals surface area (Å²) in [4.78, 5) is 52.7. The number of aliphatic hydroxyl groups is 2. The average molecular weight is 915 g/mol. The molecule has 4 atom stereocenters. The molecule has 0 fully saturated rings. The van der Waals surface area contributed by atoms with Crippen LogP contribution < -0.4 is 0 Å². The summed E-state index contributed by atoms with van der Waals surface area (Å²) in [6.07, 6.45) is 44.4. The van der Waals surface area contributed by atoms with E-state index in [1.807, 2.05) is 48.6 Å². The van der Waals surface area contributed by atoms with E-state index in [-0.39, 0.29) is 12.8 Å². The summed E-state index contributed by atoms with van der Waals surface area (Å²) in [7, 11) is -9.74. The molecule has 1 unspecified atom stereocenters. The molecule has 0 aromatic heterocycles. The second kappa shape index (κ2) is 40.8. The van der Waals surface area contributed by atoms with Crippen LogP contribution >= 0.6 is 15.6 Å². The number of hydrogen-bond donors (Lipinski definition) is 5. The Morgan fingerprint density at radius 3 is 1.55 bits per heavy atom. The van der Waals surface area contributed by atoms with E-state index in [2.05, 4.69) is 65.4 Å². The van der Waals surface area contributed by atoms with Gasteiger partial charge in [-0.25, -0.2) is 9.13 Å². The van der Waals surface area contributed by atoms with Crippen molar-refractivity contribution in [3.05, 3.63) is 97.2 Å². The molecule has 0 bridgehead atoms. The Labute approximate surface area is 371 Å². The first-order valence-electron chi connectivity index (χ1n) is 22.0. The molecule has 62 heavy (non-hydrogen) atoms. The van der Waals surface area contributed by atoms with Gasteiger partial charge in [0.15, 0.2) is 6.10 Å². The Balaban J connectivity index is 4.78. The van der Waals surface area contributed by atoms with E-state index in [0.29, 0.717) is 38.5 Å². The minimum absolute atomic E-state index is 0.0259. The zero-order chi connectivity index (χ0) is 46.0. The standard InChI is InChI=1S/C46H76O14P2/c1-3-5-7-9-11-12-13-14-15-16-17-18-19-20-25-29-33-37-46(50)60-44(41-59-62(54,55)58-39-43(48)38-57-61(51,52)53)40-56-45(49)36-32-28-24-22-21-23-27-31-35-42(47)34-30-26-10-8-6-4-2/h11-12,14-15,17-18,20,22-27,30-31,35,42-44,47-48H,3-10,13,16,19,21,28-29,32-34,36-41H2,1-2H3,(H,54,55)(H2,51,52,53)/b12-11-,15-14-,18-17-,24-22-,25-20-,27-23-,30-26-,35-31+/t42-,43+,44-/m1/s1. The summed E-state index contributed by atoms with van der Waals surface area (Å²) in [5.74, 6) is -1.21. The van der Waals surface area contributed by atoms with Crippen LogP contribution in [0.1, 0.15) is 136 Å². The quantitative estimate of drug-likeness (QED) is 0.0127. The van der Waals surface area contributed by atoms with Gasteiger partial charge in [-0.2, -0.15) is 0 Å². The number of phosphoric acid groups is 2. The Hall–Kier alpha value is -3.00. The van der Waals surface area contributed by atoms with Gasteiger partial charge >= 0.3 is 27.6 Å². The molecule has 0 rings (SSSR count). The van der Waals surface area contributed by atoms with Crippen LogP contribution in [0.15, 0.2) is 97.2 Å². The molecular formula is C46H76O14P2. The molecule has 0 aliphatic heterocycles. The monoisotopic (exact) mass is 914 g/mol. The van der Waals surface area contributed by atoms with Gasteiger partial charge in [0.25, 0.3) is 0 Å².